The van der Waals surface area contributed by atoms with Gasteiger partial charge in [-0.15, -0.1) is 23.4 Å². The maximum Gasteiger partial charge on any atom is 0.573 e. The number of benzene rings is 1. The number of nitrogens with zero attached hydrogens (tertiary/aromatic N) is 4. The summed E-state index contributed by atoms with van der Waals surface area (Å²) >= 11 is 1.08. The quantitative estimate of drug-likeness (QED) is 0.378. The van der Waals surface area contributed by atoms with E-state index in [1.807, 2.05) is 6.92 Å². The number of halogens is 4. The molecule has 1 aliphatic carbocycles. The Hall–Kier alpha value is -3.39. The summed E-state index contributed by atoms with van der Waals surface area (Å²) in [6, 6.07) is 4.57. The molecule has 1 aromatic carbocycles. The molecule has 0 aliphatic heterocycles. The number of hydrogen-bond acceptors (Lipinski definition) is 9. The molecule has 1 fully saturated rings. The van der Waals surface area contributed by atoms with E-state index in [2.05, 4.69) is 41.8 Å². The van der Waals surface area contributed by atoms with E-state index in [0.29, 0.717) is 11.0 Å². The van der Waals surface area contributed by atoms with Crippen LogP contribution in [0.4, 0.5) is 27.8 Å². The lowest BCUT2D eigenvalue weighted by Gasteiger charge is -2.28. The lowest BCUT2D eigenvalue weighted by molar-refractivity contribution is -0.274. The van der Waals surface area contributed by atoms with Gasteiger partial charge in [0.2, 0.25) is 10.3 Å². The van der Waals surface area contributed by atoms with Crippen molar-refractivity contribution in [1.29, 1.82) is 0 Å². The van der Waals surface area contributed by atoms with Crippen molar-refractivity contribution in [2.24, 2.45) is 0 Å². The van der Waals surface area contributed by atoms with Gasteiger partial charge in [0.25, 0.3) is 5.91 Å². The number of carbonyl (C=O) groups excluding carboxylic acids is 1. The van der Waals surface area contributed by atoms with Crippen LogP contribution in [0.15, 0.2) is 30.5 Å². The van der Waals surface area contributed by atoms with Crippen LogP contribution in [0.25, 0.3) is 0 Å². The SMILES string of the molecule is COC(C(=O)Nc1nnc(NC2CCC(c3cc(C)cnn3)CC2)s1)c1cc(OC(F)(F)F)ccc1F. The molecule has 0 saturated heterocycles. The third-order valence-corrected chi connectivity index (χ3v) is 6.67. The van der Waals surface area contributed by atoms with Crippen LogP contribution in [-0.2, 0) is 9.53 Å². The summed E-state index contributed by atoms with van der Waals surface area (Å²) in [7, 11) is 1.13. The third kappa shape index (κ3) is 7.10. The standard InChI is InChI=1S/C23H24F4N6O3S/c1-12-9-18(31-28-11-12)13-3-5-14(6-4-13)29-21-32-33-22(37-21)30-20(34)19(35-2)16-10-15(7-8-17(16)24)36-23(25,26)27/h7-11,13-14,19H,3-6H2,1-2H3,(H,29,32)(H,30,33,34). The Kier molecular flexibility index (Phi) is 8.17. The van der Waals surface area contributed by atoms with E-state index in [1.165, 1.54) is 0 Å². The summed E-state index contributed by atoms with van der Waals surface area (Å²) in [5, 5.41) is 22.7. The van der Waals surface area contributed by atoms with Crippen LogP contribution >= 0.6 is 11.3 Å². The number of anilines is 2. The lowest BCUT2D eigenvalue weighted by atomic mass is 9.84. The van der Waals surface area contributed by atoms with Crippen LogP contribution in [0.1, 0.15) is 54.5 Å². The van der Waals surface area contributed by atoms with E-state index in [9.17, 15) is 22.4 Å². The fraction of sp³-hybridized carbons (Fsp3) is 0.435. The van der Waals surface area contributed by atoms with Gasteiger partial charge >= 0.3 is 6.36 Å². The molecule has 2 aromatic heterocycles. The Labute approximate surface area is 213 Å². The number of methoxy groups -OCH3 is 1. The van der Waals surface area contributed by atoms with Crippen molar-refractivity contribution in [3.8, 4) is 5.75 Å². The number of aryl methyl sites for hydroxylation is 1. The Bertz CT molecular complexity index is 1230. The highest BCUT2D eigenvalue weighted by Crippen LogP contribution is 2.34. The molecular weight excluding hydrogens is 516 g/mol. The molecule has 1 atom stereocenters. The topological polar surface area (TPSA) is 111 Å². The minimum absolute atomic E-state index is 0.126. The highest BCUT2D eigenvalue weighted by atomic mass is 32.1. The monoisotopic (exact) mass is 540 g/mol. The van der Waals surface area contributed by atoms with E-state index >= 15 is 0 Å². The fourth-order valence-corrected chi connectivity index (χ4v) is 4.92. The normalized spacial score (nSPS) is 18.8. The Balaban J connectivity index is 1.34. The van der Waals surface area contributed by atoms with Crippen LogP contribution in [0.2, 0.25) is 0 Å². The predicted molar refractivity (Wildman–Crippen MR) is 127 cm³/mol. The average molecular weight is 541 g/mol. The van der Waals surface area contributed by atoms with Gasteiger partial charge in [0, 0.05) is 24.6 Å². The summed E-state index contributed by atoms with van der Waals surface area (Å²) < 4.78 is 60.8. The summed E-state index contributed by atoms with van der Waals surface area (Å²) in [6.07, 6.45) is -1.12. The summed E-state index contributed by atoms with van der Waals surface area (Å²) in [4.78, 5) is 12.7. The molecule has 1 amide bonds. The largest absolute Gasteiger partial charge is 0.573 e. The first-order valence-corrected chi connectivity index (χ1v) is 12.2. The molecule has 0 bridgehead atoms. The summed E-state index contributed by atoms with van der Waals surface area (Å²) in [6.45, 7) is 1.99. The minimum Gasteiger partial charge on any atom is -0.406 e. The van der Waals surface area contributed by atoms with Crippen molar-refractivity contribution < 1.29 is 31.8 Å². The fourth-order valence-electron chi connectivity index (χ4n) is 4.19. The van der Waals surface area contributed by atoms with Gasteiger partial charge in [-0.25, -0.2) is 4.39 Å². The van der Waals surface area contributed by atoms with Crippen molar-refractivity contribution in [3.63, 3.8) is 0 Å². The molecule has 2 N–H and O–H groups in total. The van der Waals surface area contributed by atoms with E-state index in [-0.39, 0.29) is 11.2 Å². The second-order valence-electron chi connectivity index (χ2n) is 8.60. The van der Waals surface area contributed by atoms with Gasteiger partial charge in [-0.05, 0) is 62.4 Å². The van der Waals surface area contributed by atoms with Gasteiger partial charge in [-0.3, -0.25) is 10.1 Å². The number of aromatic nitrogens is 4. The molecule has 0 radical (unpaired) electrons. The maximum atomic E-state index is 14.3. The third-order valence-electron chi connectivity index (χ3n) is 5.90. The van der Waals surface area contributed by atoms with Crippen LogP contribution in [-0.4, -0.2) is 45.8 Å². The Morgan fingerprint density at radius 3 is 2.51 bits per heavy atom. The van der Waals surface area contributed by atoms with E-state index in [1.54, 1.807) is 6.20 Å². The van der Waals surface area contributed by atoms with Crippen molar-refractivity contribution in [2.75, 3.05) is 17.7 Å². The van der Waals surface area contributed by atoms with Crippen LogP contribution in [0.5, 0.6) is 5.75 Å². The van der Waals surface area contributed by atoms with Gasteiger partial charge in [-0.2, -0.15) is 10.2 Å². The van der Waals surface area contributed by atoms with Gasteiger partial charge in [0.1, 0.15) is 11.6 Å². The van der Waals surface area contributed by atoms with Gasteiger partial charge in [-0.1, -0.05) is 11.3 Å². The zero-order chi connectivity index (χ0) is 26.6. The van der Waals surface area contributed by atoms with E-state index < -0.39 is 35.5 Å². The molecular formula is C23H24F4N6O3S. The summed E-state index contributed by atoms with van der Waals surface area (Å²) in [5.74, 6) is -2.08. The molecule has 2 heterocycles. The molecule has 37 heavy (non-hydrogen) atoms. The number of amides is 1. The summed E-state index contributed by atoms with van der Waals surface area (Å²) in [5.41, 5.74) is 1.66. The first kappa shape index (κ1) is 26.7. The number of nitrogens with one attached hydrogen (secondary N) is 2. The lowest BCUT2D eigenvalue weighted by Crippen LogP contribution is -2.25. The molecule has 4 rings (SSSR count). The second kappa shape index (κ2) is 11.3. The first-order valence-electron chi connectivity index (χ1n) is 11.4. The highest BCUT2D eigenvalue weighted by molar-refractivity contribution is 7.19. The van der Waals surface area contributed by atoms with Crippen LogP contribution in [0.3, 0.4) is 0 Å². The molecule has 14 heteroatoms. The van der Waals surface area contributed by atoms with Gasteiger partial charge in [0.05, 0.1) is 11.9 Å². The zero-order valence-electron chi connectivity index (χ0n) is 19.9. The van der Waals surface area contributed by atoms with E-state index in [4.69, 9.17) is 4.74 Å². The molecule has 3 aromatic rings. The Morgan fingerprint density at radius 2 is 1.84 bits per heavy atom. The highest BCUT2D eigenvalue weighted by Gasteiger charge is 2.32. The first-order chi connectivity index (χ1) is 17.6. The van der Waals surface area contributed by atoms with Crippen molar-refractivity contribution in [1.82, 2.24) is 20.4 Å². The van der Waals surface area contributed by atoms with Crippen LogP contribution in [0, 0.1) is 12.7 Å². The van der Waals surface area contributed by atoms with Crippen LogP contribution < -0.4 is 15.4 Å². The van der Waals surface area contributed by atoms with Crippen molar-refractivity contribution >= 4 is 27.5 Å². The molecule has 1 saturated carbocycles. The molecule has 9 nitrogen and oxygen atoms in total. The molecule has 0 spiro atoms. The second-order valence-corrected chi connectivity index (χ2v) is 9.58. The number of hydrogen-bond donors (Lipinski definition) is 2. The smallest absolute Gasteiger partial charge is 0.406 e. The Morgan fingerprint density at radius 1 is 1.11 bits per heavy atom. The zero-order valence-corrected chi connectivity index (χ0v) is 20.7. The van der Waals surface area contributed by atoms with Gasteiger partial charge in [0.15, 0.2) is 6.10 Å². The predicted octanol–water partition coefficient (Wildman–Crippen LogP) is 5.14. The maximum absolute atomic E-state index is 14.3. The number of rotatable bonds is 8. The molecule has 198 valence electrons. The molecule has 1 unspecified atom stereocenters. The van der Waals surface area contributed by atoms with Crippen molar-refractivity contribution in [3.05, 3.63) is 53.1 Å². The van der Waals surface area contributed by atoms with E-state index in [0.717, 1.165) is 73.6 Å². The van der Waals surface area contributed by atoms with Crippen molar-refractivity contribution in [2.45, 2.75) is 57.0 Å². The number of carbonyl (C=O) groups is 1. The van der Waals surface area contributed by atoms with Gasteiger partial charge < -0.3 is 14.8 Å². The average Bonchev–Trinajstić information content (AvgIpc) is 3.27. The number of ether oxygens (including phenoxy) is 2. The molecule has 1 aliphatic rings. The number of alkyl halides is 3. The minimum atomic E-state index is -4.97.